The highest BCUT2D eigenvalue weighted by molar-refractivity contribution is 8.18. The molecule has 2 heterocycles. The summed E-state index contributed by atoms with van der Waals surface area (Å²) >= 11 is 1.37. The monoisotopic (exact) mass is 487 g/mol. The first-order valence-electron chi connectivity index (χ1n) is 11.7. The van der Waals surface area contributed by atoms with Crippen LogP contribution in [0.15, 0.2) is 81.0 Å². The molecule has 0 bridgehead atoms. The summed E-state index contributed by atoms with van der Waals surface area (Å²) in [4.78, 5) is 31.3. The van der Waals surface area contributed by atoms with Crippen molar-refractivity contribution in [2.75, 3.05) is 0 Å². The van der Waals surface area contributed by atoms with Gasteiger partial charge in [0.15, 0.2) is 5.17 Å². The third-order valence-corrected chi connectivity index (χ3v) is 7.46. The van der Waals surface area contributed by atoms with Gasteiger partial charge < -0.3 is 4.42 Å². The molecule has 2 aromatic carbocycles. The number of benzene rings is 2. The molecule has 2 atom stereocenters. The van der Waals surface area contributed by atoms with Gasteiger partial charge in [0.1, 0.15) is 11.5 Å². The lowest BCUT2D eigenvalue weighted by atomic mass is 9.85. The van der Waals surface area contributed by atoms with E-state index in [0.717, 1.165) is 30.5 Å². The van der Waals surface area contributed by atoms with Gasteiger partial charge in [0, 0.05) is 29.8 Å². The number of thioether (sulfide) groups is 1. The van der Waals surface area contributed by atoms with Crippen molar-refractivity contribution in [1.82, 2.24) is 4.90 Å². The average molecular weight is 488 g/mol. The van der Waals surface area contributed by atoms with E-state index in [1.807, 2.05) is 35.2 Å². The summed E-state index contributed by atoms with van der Waals surface area (Å²) in [5.74, 6) is 1.49. The molecule has 1 aliphatic heterocycles. The molecule has 8 heteroatoms. The molecule has 2 fully saturated rings. The van der Waals surface area contributed by atoms with E-state index in [1.165, 1.54) is 30.3 Å². The van der Waals surface area contributed by atoms with Crippen LogP contribution in [0.25, 0.3) is 17.4 Å². The van der Waals surface area contributed by atoms with Gasteiger partial charge in [-0.3, -0.25) is 19.8 Å². The predicted molar refractivity (Wildman–Crippen MR) is 138 cm³/mol. The lowest BCUT2D eigenvalue weighted by molar-refractivity contribution is -0.384. The number of carbonyl (C=O) groups is 1. The van der Waals surface area contributed by atoms with E-state index in [4.69, 9.17) is 9.41 Å². The number of non-ortho nitro benzene ring substituents is 1. The minimum Gasteiger partial charge on any atom is -0.457 e. The third-order valence-electron chi connectivity index (χ3n) is 6.48. The first-order valence-corrected chi connectivity index (χ1v) is 12.5. The number of hydrogen-bond donors (Lipinski definition) is 0. The molecule has 178 valence electrons. The predicted octanol–water partition coefficient (Wildman–Crippen LogP) is 7.04. The number of rotatable bonds is 5. The van der Waals surface area contributed by atoms with Crippen LogP contribution in [-0.2, 0) is 4.79 Å². The summed E-state index contributed by atoms with van der Waals surface area (Å²) in [7, 11) is 0. The Morgan fingerprint density at radius 3 is 2.51 bits per heavy atom. The molecule has 7 nitrogen and oxygen atoms in total. The van der Waals surface area contributed by atoms with Crippen molar-refractivity contribution in [3.8, 4) is 11.3 Å². The van der Waals surface area contributed by atoms with Gasteiger partial charge in [0.2, 0.25) is 0 Å². The largest absolute Gasteiger partial charge is 0.457 e. The Morgan fingerprint density at radius 1 is 1.06 bits per heavy atom. The van der Waals surface area contributed by atoms with Crippen molar-refractivity contribution >= 4 is 40.3 Å². The summed E-state index contributed by atoms with van der Waals surface area (Å²) in [5, 5.41) is 11.6. The highest BCUT2D eigenvalue weighted by Crippen LogP contribution is 2.40. The first kappa shape index (κ1) is 23.1. The Balaban J connectivity index is 1.45. The maximum absolute atomic E-state index is 13.6. The minimum absolute atomic E-state index is 0.0258. The number of carbonyl (C=O) groups excluding carboxylic acids is 1. The van der Waals surface area contributed by atoms with Crippen LogP contribution in [0.4, 0.5) is 11.4 Å². The number of hydrogen-bond acceptors (Lipinski definition) is 6. The first-order chi connectivity index (χ1) is 17.0. The van der Waals surface area contributed by atoms with Gasteiger partial charge in [0.05, 0.1) is 15.5 Å². The molecule has 0 radical (unpaired) electrons. The van der Waals surface area contributed by atoms with Crippen molar-refractivity contribution in [3.63, 3.8) is 0 Å². The summed E-state index contributed by atoms with van der Waals surface area (Å²) in [6.07, 6.45) is 6.14. The Morgan fingerprint density at radius 2 is 1.80 bits per heavy atom. The lowest BCUT2D eigenvalue weighted by Crippen LogP contribution is -2.44. The number of nitrogens with zero attached hydrogens (tertiary/aromatic N) is 3. The maximum Gasteiger partial charge on any atom is 0.269 e. The number of para-hydroxylation sites is 1. The molecule has 1 saturated heterocycles. The number of furan rings is 1. The van der Waals surface area contributed by atoms with Crippen LogP contribution in [0.1, 0.15) is 38.4 Å². The summed E-state index contributed by atoms with van der Waals surface area (Å²) in [6.45, 7) is 2.21. The molecule has 35 heavy (non-hydrogen) atoms. The van der Waals surface area contributed by atoms with Crippen molar-refractivity contribution in [2.24, 2.45) is 10.9 Å². The third kappa shape index (κ3) is 4.93. The molecule has 0 N–H and O–H groups in total. The standard InChI is InChI=1S/C27H25N3O4S/c1-18-7-5-6-10-23(18)29-26(31)25(35-27(29)28-20-8-3-2-4-9-20)17-22-15-16-24(34-22)19-11-13-21(14-12-19)30(32)33/h2-4,8-9,11-18,23H,5-7,10H2,1H3/b25-17-,28-27?/t18-,23-/m1/s1. The number of aliphatic imine (C=N–C) groups is 1. The van der Waals surface area contributed by atoms with Crippen molar-refractivity contribution in [3.05, 3.63) is 87.5 Å². The quantitative estimate of drug-likeness (QED) is 0.219. The molecule has 1 saturated carbocycles. The van der Waals surface area contributed by atoms with Gasteiger partial charge in [-0.2, -0.15) is 0 Å². The van der Waals surface area contributed by atoms with Crippen LogP contribution in [0, 0.1) is 16.0 Å². The van der Waals surface area contributed by atoms with Crippen LogP contribution < -0.4 is 0 Å². The second-order valence-electron chi connectivity index (χ2n) is 8.85. The Labute approximate surface area is 207 Å². The van der Waals surface area contributed by atoms with Gasteiger partial charge >= 0.3 is 0 Å². The maximum atomic E-state index is 13.6. The van der Waals surface area contributed by atoms with E-state index in [0.29, 0.717) is 27.5 Å². The number of nitro benzene ring substituents is 1. The molecular weight excluding hydrogens is 462 g/mol. The van der Waals surface area contributed by atoms with Gasteiger partial charge in [-0.25, -0.2) is 4.99 Å². The fraction of sp³-hybridized carbons (Fsp3) is 0.259. The van der Waals surface area contributed by atoms with E-state index in [9.17, 15) is 14.9 Å². The van der Waals surface area contributed by atoms with Crippen LogP contribution >= 0.6 is 11.8 Å². The molecule has 0 unspecified atom stereocenters. The second kappa shape index (κ2) is 9.92. The van der Waals surface area contributed by atoms with Crippen LogP contribution in [0.5, 0.6) is 0 Å². The van der Waals surface area contributed by atoms with Crippen molar-refractivity contribution in [1.29, 1.82) is 0 Å². The second-order valence-corrected chi connectivity index (χ2v) is 9.86. The summed E-state index contributed by atoms with van der Waals surface area (Å²) in [6, 6.07) is 19.6. The molecule has 5 rings (SSSR count). The molecular formula is C27H25N3O4S. The molecule has 1 amide bonds. The van der Waals surface area contributed by atoms with Crippen molar-refractivity contribution < 1.29 is 14.1 Å². The SMILES string of the molecule is C[C@@H]1CCCC[C@H]1N1C(=O)/C(=C/c2ccc(-c3ccc([N+](=O)[O-])cc3)o2)SC1=Nc1ccccc1. The van der Waals surface area contributed by atoms with Gasteiger partial charge in [0.25, 0.3) is 11.6 Å². The van der Waals surface area contributed by atoms with Gasteiger partial charge in [-0.1, -0.05) is 38.0 Å². The normalized spacial score (nSPS) is 22.8. The van der Waals surface area contributed by atoms with Gasteiger partial charge in [-0.05, 0) is 66.9 Å². The summed E-state index contributed by atoms with van der Waals surface area (Å²) < 4.78 is 5.97. The van der Waals surface area contributed by atoms with E-state index in [2.05, 4.69) is 6.92 Å². The van der Waals surface area contributed by atoms with E-state index < -0.39 is 4.92 Å². The molecule has 0 spiro atoms. The zero-order valence-corrected chi connectivity index (χ0v) is 20.1. The van der Waals surface area contributed by atoms with E-state index in [1.54, 1.807) is 30.3 Å². The highest BCUT2D eigenvalue weighted by atomic mass is 32.2. The van der Waals surface area contributed by atoms with Gasteiger partial charge in [-0.15, -0.1) is 0 Å². The Hall–Kier alpha value is -3.65. The van der Waals surface area contributed by atoms with Crippen LogP contribution in [0.2, 0.25) is 0 Å². The molecule has 2 aliphatic rings. The fourth-order valence-corrected chi connectivity index (χ4v) is 5.64. The summed E-state index contributed by atoms with van der Waals surface area (Å²) in [5.41, 5.74) is 1.57. The van der Waals surface area contributed by atoms with E-state index in [-0.39, 0.29) is 17.6 Å². The number of nitro groups is 1. The number of amides is 1. The topological polar surface area (TPSA) is 89.0 Å². The average Bonchev–Trinajstić information content (AvgIpc) is 3.45. The Bertz CT molecular complexity index is 1300. The van der Waals surface area contributed by atoms with Crippen LogP contribution in [-0.4, -0.2) is 26.9 Å². The zero-order chi connectivity index (χ0) is 24.4. The Kier molecular flexibility index (Phi) is 6.55. The highest BCUT2D eigenvalue weighted by Gasteiger charge is 2.41. The fourth-order valence-electron chi connectivity index (χ4n) is 4.61. The molecule has 1 aromatic heterocycles. The lowest BCUT2D eigenvalue weighted by Gasteiger charge is -2.35. The number of amidine groups is 1. The van der Waals surface area contributed by atoms with Crippen molar-refractivity contribution in [2.45, 2.75) is 38.6 Å². The minimum atomic E-state index is -0.432. The smallest absolute Gasteiger partial charge is 0.269 e. The molecule has 1 aliphatic carbocycles. The van der Waals surface area contributed by atoms with Crippen LogP contribution in [0.3, 0.4) is 0 Å². The molecule has 3 aromatic rings. The van der Waals surface area contributed by atoms with E-state index >= 15 is 0 Å². The zero-order valence-electron chi connectivity index (χ0n) is 19.3.